The number of ether oxygens (including phenoxy) is 1. The first-order valence-electron chi connectivity index (χ1n) is 5.99. The van der Waals surface area contributed by atoms with Crippen LogP contribution in [0.1, 0.15) is 5.69 Å². The number of hydrogen-bond donors (Lipinski definition) is 2. The smallest absolute Gasteiger partial charge is 0.343 e. The minimum absolute atomic E-state index is 0.0780. The van der Waals surface area contributed by atoms with Gasteiger partial charge >= 0.3 is 6.01 Å². The first kappa shape index (κ1) is 13.3. The highest BCUT2D eigenvalue weighted by molar-refractivity contribution is 6.32. The van der Waals surface area contributed by atoms with E-state index in [0.29, 0.717) is 28.1 Å². The molecule has 0 bridgehead atoms. The van der Waals surface area contributed by atoms with Crippen molar-refractivity contribution in [2.75, 3.05) is 5.32 Å². The van der Waals surface area contributed by atoms with Crippen molar-refractivity contribution >= 4 is 23.2 Å². The zero-order valence-corrected chi connectivity index (χ0v) is 11.7. The molecule has 3 aromatic rings. The standard InChI is InChI=1S/C12H10ClN7O/c1-7-11(18-20-17-7)15-10-6-14-19-12(16-10)21-9-5-3-2-4-8(9)13/h2-6H,1H3,(H2,15,16,17,18,19,20). The first-order chi connectivity index (χ1) is 10.2. The third-order valence-corrected chi connectivity index (χ3v) is 2.86. The summed E-state index contributed by atoms with van der Waals surface area (Å²) >= 11 is 6.01. The van der Waals surface area contributed by atoms with Crippen LogP contribution in [0.4, 0.5) is 11.6 Å². The summed E-state index contributed by atoms with van der Waals surface area (Å²) in [6, 6.07) is 7.11. The van der Waals surface area contributed by atoms with Crippen LogP contribution in [-0.2, 0) is 0 Å². The van der Waals surface area contributed by atoms with Crippen LogP contribution in [-0.4, -0.2) is 30.6 Å². The molecular weight excluding hydrogens is 294 g/mol. The van der Waals surface area contributed by atoms with Gasteiger partial charge in [-0.2, -0.15) is 20.4 Å². The van der Waals surface area contributed by atoms with Crippen molar-refractivity contribution < 1.29 is 4.74 Å². The van der Waals surface area contributed by atoms with Crippen LogP contribution in [0.25, 0.3) is 0 Å². The van der Waals surface area contributed by atoms with Gasteiger partial charge < -0.3 is 10.1 Å². The van der Waals surface area contributed by atoms with Gasteiger partial charge in [0, 0.05) is 0 Å². The molecule has 0 saturated heterocycles. The lowest BCUT2D eigenvalue weighted by Gasteiger charge is -2.06. The Labute approximate surface area is 124 Å². The number of benzene rings is 1. The number of aromatic nitrogens is 6. The molecule has 2 N–H and O–H groups in total. The highest BCUT2D eigenvalue weighted by Gasteiger charge is 2.08. The van der Waals surface area contributed by atoms with E-state index in [1.807, 2.05) is 6.92 Å². The normalized spacial score (nSPS) is 10.4. The number of anilines is 2. The third-order valence-electron chi connectivity index (χ3n) is 2.55. The number of para-hydroxylation sites is 1. The lowest BCUT2D eigenvalue weighted by Crippen LogP contribution is -2.00. The van der Waals surface area contributed by atoms with Gasteiger partial charge in [0.05, 0.1) is 11.2 Å². The zero-order valence-electron chi connectivity index (χ0n) is 10.9. The van der Waals surface area contributed by atoms with Gasteiger partial charge in [-0.3, -0.25) is 0 Å². The summed E-state index contributed by atoms with van der Waals surface area (Å²) in [7, 11) is 0. The average Bonchev–Trinajstić information content (AvgIpc) is 2.87. The van der Waals surface area contributed by atoms with E-state index in [1.165, 1.54) is 6.20 Å². The monoisotopic (exact) mass is 303 g/mol. The predicted molar refractivity (Wildman–Crippen MR) is 75.8 cm³/mol. The SMILES string of the molecule is Cc1n[nH]nc1Nc1cnnc(Oc2ccccc2Cl)n1. The molecule has 0 saturated carbocycles. The maximum absolute atomic E-state index is 6.01. The van der Waals surface area contributed by atoms with Crippen LogP contribution in [0.3, 0.4) is 0 Å². The molecule has 0 spiro atoms. The Kier molecular flexibility index (Phi) is 3.61. The van der Waals surface area contributed by atoms with Crippen molar-refractivity contribution in [2.24, 2.45) is 0 Å². The third kappa shape index (κ3) is 3.06. The Bertz CT molecular complexity index is 761. The maximum atomic E-state index is 6.01. The summed E-state index contributed by atoms with van der Waals surface area (Å²) in [4.78, 5) is 4.18. The molecule has 0 unspecified atom stereocenters. The van der Waals surface area contributed by atoms with Gasteiger partial charge in [0.2, 0.25) is 0 Å². The number of halogens is 1. The Morgan fingerprint density at radius 1 is 1.24 bits per heavy atom. The molecule has 0 aliphatic carbocycles. The molecule has 3 rings (SSSR count). The van der Waals surface area contributed by atoms with Crippen LogP contribution < -0.4 is 10.1 Å². The van der Waals surface area contributed by atoms with E-state index >= 15 is 0 Å². The van der Waals surface area contributed by atoms with Crippen molar-refractivity contribution in [1.82, 2.24) is 30.6 Å². The molecule has 0 fully saturated rings. The Morgan fingerprint density at radius 2 is 2.10 bits per heavy atom. The summed E-state index contributed by atoms with van der Waals surface area (Å²) in [6.45, 7) is 1.81. The summed E-state index contributed by atoms with van der Waals surface area (Å²) in [5.74, 6) is 1.44. The van der Waals surface area contributed by atoms with Crippen molar-refractivity contribution in [1.29, 1.82) is 0 Å². The summed E-state index contributed by atoms with van der Waals surface area (Å²) in [6.07, 6.45) is 1.45. The second-order valence-corrected chi connectivity index (χ2v) is 4.45. The maximum Gasteiger partial charge on any atom is 0.343 e. The molecule has 106 valence electrons. The molecule has 8 nitrogen and oxygen atoms in total. The second kappa shape index (κ2) is 5.71. The molecule has 0 radical (unpaired) electrons. The molecule has 9 heteroatoms. The fourth-order valence-corrected chi connectivity index (χ4v) is 1.71. The van der Waals surface area contributed by atoms with E-state index < -0.39 is 0 Å². The zero-order chi connectivity index (χ0) is 14.7. The van der Waals surface area contributed by atoms with E-state index in [1.54, 1.807) is 24.3 Å². The number of aromatic amines is 1. The predicted octanol–water partition coefficient (Wildman–Crippen LogP) is 2.49. The van der Waals surface area contributed by atoms with Crippen molar-refractivity contribution in [3.8, 4) is 11.8 Å². The molecule has 0 aliphatic rings. The minimum Gasteiger partial charge on any atom is -0.422 e. The van der Waals surface area contributed by atoms with Crippen molar-refractivity contribution in [3.05, 3.63) is 41.2 Å². The van der Waals surface area contributed by atoms with Crippen molar-refractivity contribution in [3.63, 3.8) is 0 Å². The number of nitrogens with zero attached hydrogens (tertiary/aromatic N) is 5. The highest BCUT2D eigenvalue weighted by atomic mass is 35.5. The van der Waals surface area contributed by atoms with Gasteiger partial charge in [-0.1, -0.05) is 28.8 Å². The second-order valence-electron chi connectivity index (χ2n) is 4.04. The van der Waals surface area contributed by atoms with Gasteiger partial charge in [-0.15, -0.1) is 5.10 Å². The molecule has 21 heavy (non-hydrogen) atoms. The van der Waals surface area contributed by atoms with Gasteiger partial charge in [0.1, 0.15) is 11.4 Å². The molecule has 0 aliphatic heterocycles. The van der Waals surface area contributed by atoms with Crippen LogP contribution in [0.15, 0.2) is 30.5 Å². The van der Waals surface area contributed by atoms with Gasteiger partial charge in [0.15, 0.2) is 11.6 Å². The fourth-order valence-electron chi connectivity index (χ4n) is 1.54. The van der Waals surface area contributed by atoms with E-state index in [4.69, 9.17) is 16.3 Å². The molecular formula is C12H10ClN7O. The largest absolute Gasteiger partial charge is 0.422 e. The van der Waals surface area contributed by atoms with E-state index in [0.717, 1.165) is 0 Å². The van der Waals surface area contributed by atoms with E-state index in [2.05, 4.69) is 35.9 Å². The van der Waals surface area contributed by atoms with E-state index in [-0.39, 0.29) is 6.01 Å². The Morgan fingerprint density at radius 3 is 2.86 bits per heavy atom. The topological polar surface area (TPSA) is 102 Å². The number of hydrogen-bond acceptors (Lipinski definition) is 7. The number of H-pyrrole nitrogens is 1. The van der Waals surface area contributed by atoms with E-state index in [9.17, 15) is 0 Å². The Balaban J connectivity index is 1.80. The Hall–Kier alpha value is -2.74. The van der Waals surface area contributed by atoms with Crippen LogP contribution in [0, 0.1) is 6.92 Å². The number of rotatable bonds is 4. The quantitative estimate of drug-likeness (QED) is 0.763. The fraction of sp³-hybridized carbons (Fsp3) is 0.0833. The van der Waals surface area contributed by atoms with Gasteiger partial charge in [0.25, 0.3) is 0 Å². The summed E-state index contributed by atoms with van der Waals surface area (Å²) in [5, 5.41) is 21.4. The van der Waals surface area contributed by atoms with Crippen LogP contribution in [0.5, 0.6) is 11.8 Å². The van der Waals surface area contributed by atoms with Gasteiger partial charge in [-0.25, -0.2) is 0 Å². The molecule has 0 amide bonds. The summed E-state index contributed by atoms with van der Waals surface area (Å²) < 4.78 is 5.50. The summed E-state index contributed by atoms with van der Waals surface area (Å²) in [5.41, 5.74) is 0.710. The lowest BCUT2D eigenvalue weighted by molar-refractivity contribution is 0.434. The molecule has 2 aromatic heterocycles. The van der Waals surface area contributed by atoms with Crippen molar-refractivity contribution in [2.45, 2.75) is 6.92 Å². The molecule has 2 heterocycles. The first-order valence-corrected chi connectivity index (χ1v) is 6.36. The van der Waals surface area contributed by atoms with Crippen LogP contribution in [0.2, 0.25) is 5.02 Å². The highest BCUT2D eigenvalue weighted by Crippen LogP contribution is 2.27. The van der Waals surface area contributed by atoms with Crippen LogP contribution >= 0.6 is 11.6 Å². The number of aryl methyl sites for hydroxylation is 1. The lowest BCUT2D eigenvalue weighted by atomic mass is 10.3. The molecule has 0 atom stereocenters. The minimum atomic E-state index is 0.0780. The average molecular weight is 304 g/mol. The van der Waals surface area contributed by atoms with Gasteiger partial charge in [-0.05, 0) is 19.1 Å². The number of nitrogens with one attached hydrogen (secondary N) is 2. The molecule has 1 aromatic carbocycles.